The Morgan fingerprint density at radius 1 is 0.436 bits per heavy atom. The summed E-state index contributed by atoms with van der Waals surface area (Å²) >= 11 is 0. The monoisotopic (exact) mass is 754 g/mol. The SMILES string of the molecule is CN(C)c1ccc(C(=C2C=CC(=[N+](C)C)C=C2)c2ccccc2)cc1.CN(C)c1ccc(C(=C2C=CC(=[N+](C)C)C=C2)c2ccccc2)cc1.O=S(=O)([O-])[O-]. The summed E-state index contributed by atoms with van der Waals surface area (Å²) < 4.78 is 38.3. The van der Waals surface area contributed by atoms with Crippen LogP contribution in [0.3, 0.4) is 0 Å². The van der Waals surface area contributed by atoms with Crippen molar-refractivity contribution < 1.29 is 26.7 Å². The van der Waals surface area contributed by atoms with Gasteiger partial charge < -0.3 is 18.9 Å². The van der Waals surface area contributed by atoms with Crippen LogP contribution in [0.1, 0.15) is 22.3 Å². The van der Waals surface area contributed by atoms with Crippen molar-refractivity contribution in [3.05, 3.63) is 191 Å². The van der Waals surface area contributed by atoms with Crippen LogP contribution in [-0.2, 0) is 10.4 Å². The third-order valence-corrected chi connectivity index (χ3v) is 8.81. The molecule has 55 heavy (non-hydrogen) atoms. The van der Waals surface area contributed by atoms with E-state index < -0.39 is 10.4 Å². The maximum atomic E-state index is 8.52. The molecule has 0 aromatic heterocycles. The standard InChI is InChI=1S/2C23H25N2.H2O4S/c2*1-24(2)21-14-10-19(11-15-21)23(18-8-6-5-7-9-18)20-12-16-22(17-13-20)25(3)4;1-5(2,3)4/h2*5-17H,1-4H3;(H2,1,2,3,4)/q2*+1;/p-2. The minimum absolute atomic E-state index is 1.21. The minimum atomic E-state index is -5.17. The molecule has 0 spiro atoms. The number of rotatable bonds is 6. The molecule has 0 amide bonds. The third kappa shape index (κ3) is 12.6. The first-order chi connectivity index (χ1) is 26.1. The summed E-state index contributed by atoms with van der Waals surface area (Å²) in [5.41, 5.74) is 14.7. The van der Waals surface area contributed by atoms with Crippen molar-refractivity contribution >= 4 is 44.3 Å². The second-order valence-electron chi connectivity index (χ2n) is 13.7. The van der Waals surface area contributed by atoms with Gasteiger partial charge in [-0.2, -0.15) is 0 Å². The van der Waals surface area contributed by atoms with Crippen molar-refractivity contribution in [1.82, 2.24) is 0 Å². The molecule has 0 saturated heterocycles. The topological polar surface area (TPSA) is 92.8 Å². The molecule has 0 bridgehead atoms. The average molecular weight is 755 g/mol. The maximum Gasteiger partial charge on any atom is 0.199 e. The highest BCUT2D eigenvalue weighted by Gasteiger charge is 2.14. The second-order valence-corrected chi connectivity index (χ2v) is 14.5. The van der Waals surface area contributed by atoms with E-state index in [0.29, 0.717) is 0 Å². The molecule has 0 fully saturated rings. The van der Waals surface area contributed by atoms with E-state index in [1.165, 1.54) is 67.3 Å². The van der Waals surface area contributed by atoms with E-state index in [4.69, 9.17) is 17.5 Å². The Morgan fingerprint density at radius 2 is 0.691 bits per heavy atom. The van der Waals surface area contributed by atoms with Crippen molar-refractivity contribution in [2.24, 2.45) is 0 Å². The number of hydrogen-bond acceptors (Lipinski definition) is 6. The Balaban J connectivity index is 0.000000218. The molecule has 0 heterocycles. The largest absolute Gasteiger partial charge is 0.759 e. The highest BCUT2D eigenvalue weighted by Crippen LogP contribution is 2.32. The summed E-state index contributed by atoms with van der Waals surface area (Å²) in [5.74, 6) is 0. The van der Waals surface area contributed by atoms with Gasteiger partial charge in [0.2, 0.25) is 0 Å². The quantitative estimate of drug-likeness (QED) is 0.115. The summed E-state index contributed by atoms with van der Waals surface area (Å²) in [6.07, 6.45) is 17.5. The van der Waals surface area contributed by atoms with E-state index in [-0.39, 0.29) is 0 Å². The molecule has 0 atom stereocenters. The van der Waals surface area contributed by atoms with Crippen LogP contribution in [0.25, 0.3) is 11.1 Å². The Morgan fingerprint density at radius 3 is 0.927 bits per heavy atom. The molecule has 4 aromatic carbocycles. The zero-order valence-electron chi connectivity index (χ0n) is 32.8. The fraction of sp³-hybridized carbons (Fsp3) is 0.174. The summed E-state index contributed by atoms with van der Waals surface area (Å²) in [7, 11) is 11.4. The summed E-state index contributed by atoms with van der Waals surface area (Å²) in [5, 5.41) is 0. The van der Waals surface area contributed by atoms with Gasteiger partial charge >= 0.3 is 0 Å². The molecule has 2 aliphatic rings. The highest BCUT2D eigenvalue weighted by molar-refractivity contribution is 7.79. The molecule has 0 radical (unpaired) electrons. The zero-order chi connectivity index (χ0) is 40.1. The van der Waals surface area contributed by atoms with Gasteiger partial charge in [0, 0.05) is 74.3 Å². The fourth-order valence-electron chi connectivity index (χ4n) is 5.91. The molecule has 284 valence electrons. The molecule has 0 saturated carbocycles. The second kappa shape index (κ2) is 19.5. The first kappa shape index (κ1) is 41.9. The van der Waals surface area contributed by atoms with E-state index in [9.17, 15) is 0 Å². The Hall–Kier alpha value is -5.87. The van der Waals surface area contributed by atoms with E-state index >= 15 is 0 Å². The highest BCUT2D eigenvalue weighted by atomic mass is 32.3. The van der Waals surface area contributed by atoms with Gasteiger partial charge in [0.25, 0.3) is 0 Å². The summed E-state index contributed by atoms with van der Waals surface area (Å²) in [6, 6.07) is 38.7. The predicted molar refractivity (Wildman–Crippen MR) is 228 cm³/mol. The molecule has 0 N–H and O–H groups in total. The predicted octanol–water partition coefficient (Wildman–Crippen LogP) is 7.45. The van der Waals surface area contributed by atoms with Crippen LogP contribution in [0, 0.1) is 0 Å². The lowest BCUT2D eigenvalue weighted by molar-refractivity contribution is -0.462. The lowest BCUT2D eigenvalue weighted by Crippen LogP contribution is -2.10. The molecule has 0 unspecified atom stereocenters. The molecule has 6 rings (SSSR count). The smallest absolute Gasteiger partial charge is 0.199 e. The third-order valence-electron chi connectivity index (χ3n) is 8.81. The van der Waals surface area contributed by atoms with Gasteiger partial charge in [0.15, 0.2) is 11.4 Å². The first-order valence-corrected chi connectivity index (χ1v) is 19.1. The normalized spacial score (nSPS) is 13.0. The van der Waals surface area contributed by atoms with E-state index in [0.717, 1.165) is 0 Å². The van der Waals surface area contributed by atoms with Crippen molar-refractivity contribution in [3.8, 4) is 0 Å². The molecule has 8 nitrogen and oxygen atoms in total. The number of hydrogen-bond donors (Lipinski definition) is 0. The molecule has 2 aliphatic carbocycles. The van der Waals surface area contributed by atoms with Gasteiger partial charge in [0.05, 0.1) is 0 Å². The van der Waals surface area contributed by atoms with Crippen LogP contribution in [0.2, 0.25) is 0 Å². The van der Waals surface area contributed by atoms with Crippen LogP contribution in [-0.4, -0.2) is 94.5 Å². The van der Waals surface area contributed by atoms with Crippen molar-refractivity contribution in [2.75, 3.05) is 66.2 Å². The minimum Gasteiger partial charge on any atom is -0.759 e. The van der Waals surface area contributed by atoms with Gasteiger partial charge in [-0.25, -0.2) is 9.15 Å². The van der Waals surface area contributed by atoms with Crippen LogP contribution in [0.5, 0.6) is 0 Å². The lowest BCUT2D eigenvalue weighted by atomic mass is 9.90. The number of allylic oxidation sites excluding steroid dienone is 10. The van der Waals surface area contributed by atoms with E-state index in [1.54, 1.807) is 0 Å². The molecule has 9 heteroatoms. The van der Waals surface area contributed by atoms with Gasteiger partial charge in [-0.05, 0) is 93.1 Å². The Kier molecular flexibility index (Phi) is 14.8. The van der Waals surface area contributed by atoms with Crippen LogP contribution >= 0.6 is 0 Å². The summed E-state index contributed by atoms with van der Waals surface area (Å²) in [6.45, 7) is 0. The Labute approximate surface area is 327 Å². The maximum absolute atomic E-state index is 8.52. The summed E-state index contributed by atoms with van der Waals surface area (Å²) in [4.78, 5) is 4.25. The van der Waals surface area contributed by atoms with Crippen LogP contribution < -0.4 is 9.80 Å². The van der Waals surface area contributed by atoms with E-state index in [1.807, 2.05) is 0 Å². The van der Waals surface area contributed by atoms with E-state index in [2.05, 4.69) is 233 Å². The zero-order valence-corrected chi connectivity index (χ0v) is 33.7. The van der Waals surface area contributed by atoms with Crippen molar-refractivity contribution in [1.29, 1.82) is 0 Å². The van der Waals surface area contributed by atoms with Gasteiger partial charge in [-0.1, -0.05) is 84.9 Å². The number of nitrogens with zero attached hydrogens (tertiary/aromatic N) is 4. The van der Waals surface area contributed by atoms with Crippen molar-refractivity contribution in [3.63, 3.8) is 0 Å². The molecule has 4 aromatic rings. The van der Waals surface area contributed by atoms with Gasteiger partial charge in [-0.3, -0.25) is 8.42 Å². The van der Waals surface area contributed by atoms with Crippen molar-refractivity contribution in [2.45, 2.75) is 0 Å². The molecule has 0 aliphatic heterocycles. The fourth-order valence-corrected chi connectivity index (χ4v) is 5.91. The number of anilines is 2. The lowest BCUT2D eigenvalue weighted by Gasteiger charge is -2.16. The first-order valence-electron chi connectivity index (χ1n) is 17.7. The van der Waals surface area contributed by atoms with Gasteiger partial charge in [0.1, 0.15) is 28.2 Å². The van der Waals surface area contributed by atoms with Crippen LogP contribution in [0.15, 0.2) is 169 Å². The molecular weight excluding hydrogens is 705 g/mol. The molecular formula is C46H50N4O4S. The number of benzene rings is 4. The van der Waals surface area contributed by atoms with Gasteiger partial charge in [-0.15, -0.1) is 0 Å². The van der Waals surface area contributed by atoms with Crippen LogP contribution in [0.4, 0.5) is 11.4 Å². The average Bonchev–Trinajstić information content (AvgIpc) is 3.16. The Bertz CT molecular complexity index is 2090.